The summed E-state index contributed by atoms with van der Waals surface area (Å²) < 4.78 is 14.6. The van der Waals surface area contributed by atoms with Crippen LogP contribution < -0.4 is 4.90 Å². The Balaban J connectivity index is 1.40. The number of aryl methyl sites for hydroxylation is 2. The molecule has 8 nitrogen and oxygen atoms in total. The highest BCUT2D eigenvalue weighted by Gasteiger charge is 2.48. The molecule has 2 unspecified atom stereocenters. The molecule has 0 N–H and O–H groups in total. The molecule has 0 bridgehead atoms. The lowest BCUT2D eigenvalue weighted by molar-refractivity contribution is 0.0784. The SMILES string of the molecule is Cc1cc(C)nc(N2CC3CN(C(=O)c4c(F)cccc4-n4nccn4)CC32)n1. The van der Waals surface area contributed by atoms with Crippen molar-refractivity contribution in [3.8, 4) is 5.69 Å². The second-order valence-corrected chi connectivity index (χ2v) is 7.59. The number of anilines is 1. The molecule has 0 aliphatic carbocycles. The van der Waals surface area contributed by atoms with Gasteiger partial charge < -0.3 is 9.80 Å². The van der Waals surface area contributed by atoms with Gasteiger partial charge in [0.2, 0.25) is 5.95 Å². The molecule has 9 heteroatoms. The molecular formula is C20H20FN7O. The molecule has 2 aromatic heterocycles. The van der Waals surface area contributed by atoms with Gasteiger partial charge in [-0.2, -0.15) is 15.0 Å². The maximum atomic E-state index is 14.6. The highest BCUT2D eigenvalue weighted by atomic mass is 19.1. The maximum absolute atomic E-state index is 14.6. The number of likely N-dealkylation sites (tertiary alicyclic amines) is 1. The van der Waals surface area contributed by atoms with Crippen molar-refractivity contribution in [3.63, 3.8) is 0 Å². The Morgan fingerprint density at radius 1 is 1.07 bits per heavy atom. The van der Waals surface area contributed by atoms with Crippen LogP contribution in [0.1, 0.15) is 21.7 Å². The zero-order valence-corrected chi connectivity index (χ0v) is 16.2. The Morgan fingerprint density at radius 3 is 2.52 bits per heavy atom. The van der Waals surface area contributed by atoms with Gasteiger partial charge in [-0.1, -0.05) is 6.07 Å². The van der Waals surface area contributed by atoms with E-state index in [0.29, 0.717) is 30.6 Å². The number of aromatic nitrogens is 5. The number of hydrogen-bond donors (Lipinski definition) is 0. The topological polar surface area (TPSA) is 80.0 Å². The Kier molecular flexibility index (Phi) is 4.04. The number of carbonyl (C=O) groups is 1. The van der Waals surface area contributed by atoms with E-state index in [9.17, 15) is 9.18 Å². The third kappa shape index (κ3) is 2.93. The summed E-state index contributed by atoms with van der Waals surface area (Å²) >= 11 is 0. The number of halogens is 1. The molecule has 3 aromatic rings. The van der Waals surface area contributed by atoms with Crippen molar-refractivity contribution in [1.82, 2.24) is 29.9 Å². The second-order valence-electron chi connectivity index (χ2n) is 7.59. The van der Waals surface area contributed by atoms with Crippen LogP contribution in [-0.4, -0.2) is 61.4 Å². The van der Waals surface area contributed by atoms with Gasteiger partial charge in [0.05, 0.1) is 18.4 Å². The first-order valence-electron chi connectivity index (χ1n) is 9.54. The van der Waals surface area contributed by atoms with E-state index in [1.54, 1.807) is 17.0 Å². The Bertz CT molecular complexity index is 1060. The number of fused-ring (bicyclic) bond motifs is 1. The van der Waals surface area contributed by atoms with E-state index in [0.717, 1.165) is 17.9 Å². The van der Waals surface area contributed by atoms with Gasteiger partial charge in [-0.3, -0.25) is 4.79 Å². The summed E-state index contributed by atoms with van der Waals surface area (Å²) in [6.45, 7) is 5.79. The fourth-order valence-electron chi connectivity index (χ4n) is 4.26. The molecule has 2 aliphatic heterocycles. The summed E-state index contributed by atoms with van der Waals surface area (Å²) in [6, 6.07) is 6.58. The highest BCUT2D eigenvalue weighted by Crippen LogP contribution is 2.36. The first-order valence-corrected chi connectivity index (χ1v) is 9.54. The lowest BCUT2D eigenvalue weighted by Gasteiger charge is -2.43. The number of benzene rings is 1. The van der Waals surface area contributed by atoms with Crippen molar-refractivity contribution < 1.29 is 9.18 Å². The molecule has 2 aliphatic rings. The van der Waals surface area contributed by atoms with E-state index in [-0.39, 0.29) is 17.5 Å². The van der Waals surface area contributed by atoms with Crippen molar-refractivity contribution in [2.45, 2.75) is 19.9 Å². The summed E-state index contributed by atoms with van der Waals surface area (Å²) in [5, 5.41) is 8.10. The number of rotatable bonds is 3. The van der Waals surface area contributed by atoms with E-state index in [2.05, 4.69) is 25.1 Å². The molecule has 0 saturated carbocycles. The predicted molar refractivity (Wildman–Crippen MR) is 103 cm³/mol. The van der Waals surface area contributed by atoms with Gasteiger partial charge in [0.15, 0.2) is 0 Å². The van der Waals surface area contributed by atoms with Gasteiger partial charge >= 0.3 is 0 Å². The minimum atomic E-state index is -0.571. The summed E-state index contributed by atoms with van der Waals surface area (Å²) in [5.41, 5.74) is 2.18. The monoisotopic (exact) mass is 393 g/mol. The average Bonchev–Trinajstić information content (AvgIpc) is 3.29. The molecule has 2 fully saturated rings. The van der Waals surface area contributed by atoms with Crippen LogP contribution in [0.15, 0.2) is 36.7 Å². The van der Waals surface area contributed by atoms with Crippen LogP contribution >= 0.6 is 0 Å². The van der Waals surface area contributed by atoms with Crippen LogP contribution in [0.3, 0.4) is 0 Å². The number of carbonyl (C=O) groups excluding carboxylic acids is 1. The van der Waals surface area contributed by atoms with Gasteiger partial charge in [-0.25, -0.2) is 14.4 Å². The number of amides is 1. The van der Waals surface area contributed by atoms with Crippen LogP contribution in [0.5, 0.6) is 0 Å². The third-order valence-corrected chi connectivity index (χ3v) is 5.59. The smallest absolute Gasteiger partial charge is 0.259 e. The molecule has 29 heavy (non-hydrogen) atoms. The van der Waals surface area contributed by atoms with Gasteiger partial charge in [0.25, 0.3) is 5.91 Å². The van der Waals surface area contributed by atoms with Crippen LogP contribution in [-0.2, 0) is 0 Å². The minimum absolute atomic E-state index is 0.000741. The highest BCUT2D eigenvalue weighted by molar-refractivity contribution is 5.98. The molecular weight excluding hydrogens is 373 g/mol. The molecule has 148 valence electrons. The molecule has 5 rings (SSSR count). The van der Waals surface area contributed by atoms with Gasteiger partial charge in [0, 0.05) is 36.9 Å². The third-order valence-electron chi connectivity index (χ3n) is 5.59. The Hall–Kier alpha value is -3.36. The fourth-order valence-corrected chi connectivity index (χ4v) is 4.26. The van der Waals surface area contributed by atoms with Gasteiger partial charge in [-0.15, -0.1) is 0 Å². The van der Waals surface area contributed by atoms with Gasteiger partial charge in [-0.05, 0) is 32.0 Å². The van der Waals surface area contributed by atoms with Crippen molar-refractivity contribution in [3.05, 3.63) is 59.4 Å². The largest absolute Gasteiger partial charge is 0.336 e. The van der Waals surface area contributed by atoms with E-state index in [4.69, 9.17) is 0 Å². The number of hydrogen-bond acceptors (Lipinski definition) is 6. The van der Waals surface area contributed by atoms with Crippen molar-refractivity contribution in [2.24, 2.45) is 5.92 Å². The van der Waals surface area contributed by atoms with Crippen LogP contribution in [0, 0.1) is 25.6 Å². The molecule has 0 spiro atoms. The van der Waals surface area contributed by atoms with Crippen molar-refractivity contribution >= 4 is 11.9 Å². The Labute approximate surface area is 167 Å². The van der Waals surface area contributed by atoms with Crippen LogP contribution in [0.25, 0.3) is 5.69 Å². The molecule has 1 amide bonds. The summed E-state index contributed by atoms with van der Waals surface area (Å²) in [5.74, 6) is 0.122. The van der Waals surface area contributed by atoms with E-state index in [1.807, 2.05) is 19.9 Å². The first-order chi connectivity index (χ1) is 14.0. The molecule has 4 heterocycles. The fraction of sp³-hybridized carbons (Fsp3) is 0.350. The predicted octanol–water partition coefficient (Wildman–Crippen LogP) is 1.77. The van der Waals surface area contributed by atoms with E-state index >= 15 is 0 Å². The van der Waals surface area contributed by atoms with Crippen molar-refractivity contribution in [1.29, 1.82) is 0 Å². The second kappa shape index (κ2) is 6.61. The number of nitrogens with zero attached hydrogens (tertiary/aromatic N) is 7. The normalized spacial score (nSPS) is 20.5. The summed E-state index contributed by atoms with van der Waals surface area (Å²) in [7, 11) is 0. The molecule has 2 atom stereocenters. The summed E-state index contributed by atoms with van der Waals surface area (Å²) in [4.78, 5) is 27.4. The van der Waals surface area contributed by atoms with Crippen LogP contribution in [0.4, 0.5) is 10.3 Å². The lowest BCUT2D eigenvalue weighted by Crippen LogP contribution is -2.56. The van der Waals surface area contributed by atoms with Crippen molar-refractivity contribution in [2.75, 3.05) is 24.5 Å². The quantitative estimate of drug-likeness (QED) is 0.675. The zero-order valence-electron chi connectivity index (χ0n) is 16.2. The molecule has 2 saturated heterocycles. The molecule has 0 radical (unpaired) electrons. The molecule has 1 aromatic carbocycles. The minimum Gasteiger partial charge on any atom is -0.336 e. The standard InChI is InChI=1S/C20H20FN7O/c1-12-8-13(2)25-20(24-12)27-10-14-9-26(11-17(14)27)19(29)18-15(21)4-3-5-16(18)28-22-6-7-23-28/h3-8,14,17H,9-11H2,1-2H3. The summed E-state index contributed by atoms with van der Waals surface area (Å²) in [6.07, 6.45) is 2.99. The average molecular weight is 393 g/mol. The lowest BCUT2D eigenvalue weighted by atomic mass is 9.92. The van der Waals surface area contributed by atoms with Crippen LogP contribution in [0.2, 0.25) is 0 Å². The first kappa shape index (κ1) is 17.7. The zero-order chi connectivity index (χ0) is 20.1. The Morgan fingerprint density at radius 2 is 1.79 bits per heavy atom. The van der Waals surface area contributed by atoms with Gasteiger partial charge in [0.1, 0.15) is 17.1 Å². The van der Waals surface area contributed by atoms with E-state index in [1.165, 1.54) is 23.3 Å². The maximum Gasteiger partial charge on any atom is 0.259 e. The van der Waals surface area contributed by atoms with E-state index < -0.39 is 5.82 Å².